The van der Waals surface area contributed by atoms with Crippen molar-refractivity contribution in [2.75, 3.05) is 0 Å². The third kappa shape index (κ3) is 3.04. The zero-order chi connectivity index (χ0) is 20.2. The van der Waals surface area contributed by atoms with E-state index in [0.717, 1.165) is 11.4 Å². The van der Waals surface area contributed by atoms with Crippen LogP contribution < -0.4 is 4.74 Å². The molecule has 9 heteroatoms. The first kappa shape index (κ1) is 19.1. The Bertz CT molecular complexity index is 893. The predicted molar refractivity (Wildman–Crippen MR) is 104 cm³/mol. The average molecular weight is 468 g/mol. The van der Waals surface area contributed by atoms with Crippen LogP contribution in [0.5, 0.6) is 5.75 Å². The van der Waals surface area contributed by atoms with Gasteiger partial charge < -0.3 is 9.84 Å². The predicted octanol–water partition coefficient (Wildman–Crippen LogP) is 3.10. The second-order valence-corrected chi connectivity index (χ2v) is 8.41. The molecule has 0 radical (unpaired) electrons. The van der Waals surface area contributed by atoms with E-state index in [1.165, 1.54) is 19.2 Å². The number of imide groups is 1. The van der Waals surface area contributed by atoms with Crippen LogP contribution in [0.4, 0.5) is 0 Å². The molecule has 1 N–H and O–H groups in total. The number of carbonyl (C=O) groups is 3. The van der Waals surface area contributed by atoms with E-state index in [9.17, 15) is 14.4 Å². The molecule has 7 nitrogen and oxygen atoms in total. The standard InChI is InChI=1S/C19H16BrClN2O5/c1-8(19(26)27)28-16-12(20)4-9(5-13(16)21)7-22-23-17(24)14-10-2-3-11(6-10)15(14)18(23)25/h2-5,7-8,10-11,14-15H,6H2,1H3,(H,26,27)/t8-,10+,11+,14-,15+/m1/s1. The van der Waals surface area contributed by atoms with Crippen LogP contribution in [0.15, 0.2) is 33.9 Å². The second-order valence-electron chi connectivity index (χ2n) is 7.14. The molecule has 4 rings (SSSR count). The highest BCUT2D eigenvalue weighted by molar-refractivity contribution is 9.10. The highest BCUT2D eigenvalue weighted by atomic mass is 79.9. The van der Waals surface area contributed by atoms with Crippen molar-refractivity contribution < 1.29 is 24.2 Å². The van der Waals surface area contributed by atoms with Gasteiger partial charge in [0.05, 0.1) is 27.5 Å². The third-order valence-corrected chi connectivity index (χ3v) is 6.30. The number of nitrogens with zero attached hydrogens (tertiary/aromatic N) is 2. The van der Waals surface area contributed by atoms with Gasteiger partial charge in [-0.1, -0.05) is 23.8 Å². The van der Waals surface area contributed by atoms with E-state index in [4.69, 9.17) is 21.4 Å². The van der Waals surface area contributed by atoms with Crippen molar-refractivity contribution in [1.82, 2.24) is 5.01 Å². The van der Waals surface area contributed by atoms with Crippen molar-refractivity contribution >= 4 is 51.5 Å². The van der Waals surface area contributed by atoms with Crippen LogP contribution in [0.25, 0.3) is 0 Å². The zero-order valence-electron chi connectivity index (χ0n) is 14.7. The van der Waals surface area contributed by atoms with E-state index in [2.05, 4.69) is 21.0 Å². The van der Waals surface area contributed by atoms with E-state index >= 15 is 0 Å². The van der Waals surface area contributed by atoms with Gasteiger partial charge in [-0.2, -0.15) is 10.1 Å². The summed E-state index contributed by atoms with van der Waals surface area (Å²) in [5.74, 6) is -1.79. The van der Waals surface area contributed by atoms with E-state index in [-0.39, 0.29) is 46.3 Å². The number of halogens is 2. The van der Waals surface area contributed by atoms with Crippen LogP contribution in [-0.4, -0.2) is 40.2 Å². The number of ether oxygens (including phenoxy) is 1. The molecule has 2 bridgehead atoms. The largest absolute Gasteiger partial charge is 0.479 e. The van der Waals surface area contributed by atoms with Crippen molar-refractivity contribution in [3.63, 3.8) is 0 Å². The number of benzene rings is 1. The van der Waals surface area contributed by atoms with Crippen LogP contribution in [0.3, 0.4) is 0 Å². The quantitative estimate of drug-likeness (QED) is 0.408. The lowest BCUT2D eigenvalue weighted by molar-refractivity contribution is -0.144. The summed E-state index contributed by atoms with van der Waals surface area (Å²) in [5.41, 5.74) is 0.533. The number of fused-ring (bicyclic) bond motifs is 5. The van der Waals surface area contributed by atoms with Crippen LogP contribution in [-0.2, 0) is 14.4 Å². The molecule has 1 saturated heterocycles. The molecule has 1 aromatic rings. The monoisotopic (exact) mass is 466 g/mol. The number of allylic oxidation sites excluding steroid dienone is 2. The van der Waals surface area contributed by atoms with Crippen molar-refractivity contribution in [2.24, 2.45) is 28.8 Å². The van der Waals surface area contributed by atoms with Gasteiger partial charge in [0, 0.05) is 0 Å². The first-order valence-corrected chi connectivity index (χ1v) is 9.93. The van der Waals surface area contributed by atoms with Gasteiger partial charge in [0.2, 0.25) is 0 Å². The molecule has 28 heavy (non-hydrogen) atoms. The van der Waals surface area contributed by atoms with Gasteiger partial charge in [-0.25, -0.2) is 4.79 Å². The molecular formula is C19H16BrClN2O5. The van der Waals surface area contributed by atoms with Gasteiger partial charge >= 0.3 is 5.97 Å². The molecule has 2 aliphatic carbocycles. The Hall–Kier alpha value is -2.19. The van der Waals surface area contributed by atoms with Gasteiger partial charge in [0.15, 0.2) is 11.9 Å². The molecule has 2 amide bonds. The molecule has 1 aromatic carbocycles. The third-order valence-electron chi connectivity index (χ3n) is 5.43. The number of rotatable bonds is 5. The van der Waals surface area contributed by atoms with Crippen molar-refractivity contribution in [2.45, 2.75) is 19.4 Å². The summed E-state index contributed by atoms with van der Waals surface area (Å²) in [6.45, 7) is 1.39. The van der Waals surface area contributed by atoms with E-state index in [1.807, 2.05) is 12.2 Å². The van der Waals surface area contributed by atoms with Gasteiger partial charge in [0.25, 0.3) is 11.8 Å². The average Bonchev–Trinajstić information content (AvgIpc) is 3.31. The molecule has 1 aliphatic heterocycles. The maximum absolute atomic E-state index is 12.6. The molecule has 1 saturated carbocycles. The van der Waals surface area contributed by atoms with Gasteiger partial charge in [0.1, 0.15) is 0 Å². The van der Waals surface area contributed by atoms with Crippen LogP contribution >= 0.6 is 27.5 Å². The molecule has 2 fully saturated rings. The molecule has 146 valence electrons. The fourth-order valence-corrected chi connectivity index (χ4v) is 5.08. The number of carbonyl (C=O) groups excluding carboxylic acids is 2. The summed E-state index contributed by atoms with van der Waals surface area (Å²) in [7, 11) is 0. The summed E-state index contributed by atoms with van der Waals surface area (Å²) < 4.78 is 5.77. The SMILES string of the molecule is C[C@@H](Oc1c(Cl)cc(C=NN2C(=O)[C@@H]3[C@H](C2=O)[C@H]2C=C[C@H]3C2)cc1Br)C(=O)O. The molecule has 0 aromatic heterocycles. The van der Waals surface area contributed by atoms with Crippen molar-refractivity contribution in [1.29, 1.82) is 0 Å². The Morgan fingerprint density at radius 3 is 2.46 bits per heavy atom. The Balaban J connectivity index is 1.53. The van der Waals surface area contributed by atoms with Gasteiger partial charge in [-0.15, -0.1) is 0 Å². The highest BCUT2D eigenvalue weighted by Gasteiger charge is 2.59. The first-order valence-electron chi connectivity index (χ1n) is 8.76. The molecule has 5 atom stereocenters. The number of hydrogen-bond acceptors (Lipinski definition) is 5. The maximum atomic E-state index is 12.6. The minimum Gasteiger partial charge on any atom is -0.479 e. The molecular weight excluding hydrogens is 452 g/mol. The molecule has 0 unspecified atom stereocenters. The highest BCUT2D eigenvalue weighted by Crippen LogP contribution is 2.52. The summed E-state index contributed by atoms with van der Waals surface area (Å²) in [6, 6.07) is 3.15. The van der Waals surface area contributed by atoms with Gasteiger partial charge in [-0.3, -0.25) is 9.59 Å². The number of hydrazone groups is 1. The summed E-state index contributed by atoms with van der Waals surface area (Å²) in [6.07, 6.45) is 5.23. The summed E-state index contributed by atoms with van der Waals surface area (Å²) in [5, 5.41) is 14.2. The Morgan fingerprint density at radius 2 is 1.93 bits per heavy atom. The lowest BCUT2D eigenvalue weighted by atomic mass is 9.85. The number of hydrogen-bond donors (Lipinski definition) is 1. The normalized spacial score (nSPS) is 29.0. The topological polar surface area (TPSA) is 96.3 Å². The fourth-order valence-electron chi connectivity index (χ4n) is 4.12. The Labute approximate surface area is 174 Å². The minimum absolute atomic E-state index is 0.128. The lowest BCUT2D eigenvalue weighted by Gasteiger charge is -2.14. The van der Waals surface area contributed by atoms with Crippen LogP contribution in [0, 0.1) is 23.7 Å². The minimum atomic E-state index is -1.12. The Morgan fingerprint density at radius 1 is 1.32 bits per heavy atom. The molecule has 0 spiro atoms. The van der Waals surface area contributed by atoms with E-state index in [0.29, 0.717) is 10.0 Å². The summed E-state index contributed by atoms with van der Waals surface area (Å²) in [4.78, 5) is 36.2. The van der Waals surface area contributed by atoms with Crippen molar-refractivity contribution in [3.8, 4) is 5.75 Å². The summed E-state index contributed by atoms with van der Waals surface area (Å²) >= 11 is 9.49. The number of aliphatic carboxylic acids is 1. The van der Waals surface area contributed by atoms with Gasteiger partial charge in [-0.05, 0) is 58.8 Å². The molecule has 3 aliphatic rings. The van der Waals surface area contributed by atoms with Crippen LogP contribution in [0.2, 0.25) is 5.02 Å². The van der Waals surface area contributed by atoms with E-state index in [1.54, 1.807) is 6.07 Å². The van der Waals surface area contributed by atoms with Crippen molar-refractivity contribution in [3.05, 3.63) is 39.3 Å². The smallest absolute Gasteiger partial charge is 0.344 e. The zero-order valence-corrected chi connectivity index (χ0v) is 17.1. The molecule has 1 heterocycles. The number of carboxylic acid groups (broad SMARTS) is 1. The van der Waals surface area contributed by atoms with Crippen LogP contribution in [0.1, 0.15) is 18.9 Å². The first-order chi connectivity index (χ1) is 13.3. The second kappa shape index (κ2) is 7.00. The number of amides is 2. The Kier molecular flexibility index (Phi) is 4.79. The van der Waals surface area contributed by atoms with E-state index < -0.39 is 12.1 Å². The number of carboxylic acids is 1. The lowest BCUT2D eigenvalue weighted by Crippen LogP contribution is -2.28. The maximum Gasteiger partial charge on any atom is 0.344 e. The fraction of sp³-hybridized carbons (Fsp3) is 0.368.